The minimum absolute atomic E-state index is 0.00929. The molecule has 0 aliphatic carbocycles. The maximum Gasteiger partial charge on any atom is 0.415 e. The highest BCUT2D eigenvalue weighted by Crippen LogP contribution is 2.16. The molecule has 0 fully saturated rings. The molecule has 15 heavy (non-hydrogen) atoms. The third-order valence-corrected chi connectivity index (χ3v) is 2.17. The number of hydrogen-bond donors (Lipinski definition) is 0. The van der Waals surface area contributed by atoms with Crippen molar-refractivity contribution < 1.29 is 9.53 Å². The molecule has 0 saturated carbocycles. The first-order valence-corrected chi connectivity index (χ1v) is 4.98. The van der Waals surface area contributed by atoms with Crippen molar-refractivity contribution in [3.05, 3.63) is 28.7 Å². The van der Waals surface area contributed by atoms with Gasteiger partial charge in [-0.1, -0.05) is 15.9 Å². The Balaban J connectivity index is 2.59. The first-order chi connectivity index (χ1) is 7.13. The molecule has 5 heteroatoms. The number of amides is 1. The number of nitriles is 1. The maximum absolute atomic E-state index is 11.3. The lowest BCUT2D eigenvalue weighted by Crippen LogP contribution is -2.29. The van der Waals surface area contributed by atoms with Gasteiger partial charge in [0.25, 0.3) is 0 Å². The lowest BCUT2D eigenvalue weighted by molar-refractivity contribution is 0.168. The van der Waals surface area contributed by atoms with E-state index in [4.69, 9.17) is 10.00 Å². The summed E-state index contributed by atoms with van der Waals surface area (Å²) in [6.07, 6.45) is -0.543. The van der Waals surface area contributed by atoms with Gasteiger partial charge in [-0.25, -0.2) is 4.79 Å². The topological polar surface area (TPSA) is 53.3 Å². The first-order valence-electron chi connectivity index (χ1n) is 4.19. The molecule has 0 aliphatic heterocycles. The number of carbonyl (C=O) groups is 1. The van der Waals surface area contributed by atoms with Crippen LogP contribution in [0.3, 0.4) is 0 Å². The fraction of sp³-hybridized carbons (Fsp3) is 0.200. The molecular weight excluding hydrogens is 260 g/mol. The Morgan fingerprint density at radius 2 is 2.13 bits per heavy atom. The van der Waals surface area contributed by atoms with Crippen LogP contribution in [0.1, 0.15) is 0 Å². The van der Waals surface area contributed by atoms with Crippen molar-refractivity contribution in [2.45, 2.75) is 0 Å². The Labute approximate surface area is 96.2 Å². The van der Waals surface area contributed by atoms with Crippen LogP contribution in [0.15, 0.2) is 28.7 Å². The van der Waals surface area contributed by atoms with Gasteiger partial charge in [0.15, 0.2) is 0 Å². The highest BCUT2D eigenvalue weighted by molar-refractivity contribution is 9.10. The summed E-state index contributed by atoms with van der Waals surface area (Å²) in [7, 11) is 1.50. The summed E-state index contributed by atoms with van der Waals surface area (Å²) >= 11 is 3.27. The molecule has 0 atom stereocenters. The van der Waals surface area contributed by atoms with Gasteiger partial charge in [-0.05, 0) is 24.3 Å². The zero-order valence-corrected chi connectivity index (χ0v) is 9.69. The summed E-state index contributed by atoms with van der Waals surface area (Å²) < 4.78 is 5.91. The number of halogens is 1. The molecule has 0 aliphatic rings. The van der Waals surface area contributed by atoms with Crippen LogP contribution in [0, 0.1) is 11.3 Å². The van der Waals surface area contributed by atoms with Gasteiger partial charge in [0, 0.05) is 11.5 Å². The summed E-state index contributed by atoms with van der Waals surface area (Å²) in [5.74, 6) is 0.452. The Morgan fingerprint density at radius 3 is 2.67 bits per heavy atom. The lowest BCUT2D eigenvalue weighted by atomic mass is 10.3. The van der Waals surface area contributed by atoms with Crippen LogP contribution in [-0.4, -0.2) is 24.6 Å². The van der Waals surface area contributed by atoms with Crippen molar-refractivity contribution in [3.63, 3.8) is 0 Å². The molecule has 0 saturated heterocycles. The van der Waals surface area contributed by atoms with Gasteiger partial charge in [-0.3, -0.25) is 4.90 Å². The van der Waals surface area contributed by atoms with E-state index in [-0.39, 0.29) is 6.54 Å². The molecule has 0 N–H and O–H groups in total. The smallest absolute Gasteiger partial charge is 0.410 e. The van der Waals surface area contributed by atoms with Gasteiger partial charge in [0.1, 0.15) is 12.3 Å². The van der Waals surface area contributed by atoms with Crippen LogP contribution in [0.5, 0.6) is 5.75 Å². The number of benzene rings is 1. The molecule has 1 aromatic rings. The Bertz CT molecular complexity index is 383. The normalized spacial score (nSPS) is 9.13. The summed E-state index contributed by atoms with van der Waals surface area (Å²) in [6.45, 7) is 0.00929. The second-order valence-corrected chi connectivity index (χ2v) is 3.75. The lowest BCUT2D eigenvalue weighted by Gasteiger charge is -2.12. The number of hydrogen-bond acceptors (Lipinski definition) is 3. The SMILES string of the molecule is CN(CC#N)C(=O)Oc1ccc(Br)cc1. The van der Waals surface area contributed by atoms with E-state index in [1.165, 1.54) is 11.9 Å². The summed E-state index contributed by atoms with van der Waals surface area (Å²) in [5.41, 5.74) is 0. The molecular formula is C10H9BrN2O2. The quantitative estimate of drug-likeness (QED) is 0.774. The number of nitrogens with zero attached hydrogens (tertiary/aromatic N) is 2. The standard InChI is InChI=1S/C10H9BrN2O2/c1-13(7-6-12)10(14)15-9-4-2-8(11)3-5-9/h2-5H,7H2,1H3. The Kier molecular flexibility index (Phi) is 4.13. The second-order valence-electron chi connectivity index (χ2n) is 2.84. The molecule has 1 rings (SSSR count). The van der Waals surface area contributed by atoms with Crippen LogP contribution in [-0.2, 0) is 0 Å². The van der Waals surface area contributed by atoms with E-state index in [1.807, 2.05) is 6.07 Å². The van der Waals surface area contributed by atoms with Crippen molar-refractivity contribution in [2.75, 3.05) is 13.6 Å². The Hall–Kier alpha value is -1.54. The highest BCUT2D eigenvalue weighted by atomic mass is 79.9. The summed E-state index contributed by atoms with van der Waals surface area (Å²) in [5, 5.41) is 8.38. The molecule has 0 unspecified atom stereocenters. The van der Waals surface area contributed by atoms with Crippen LogP contribution in [0.2, 0.25) is 0 Å². The van der Waals surface area contributed by atoms with E-state index in [0.29, 0.717) is 5.75 Å². The zero-order chi connectivity index (χ0) is 11.3. The van der Waals surface area contributed by atoms with Crippen molar-refractivity contribution >= 4 is 22.0 Å². The van der Waals surface area contributed by atoms with Crippen molar-refractivity contribution in [1.82, 2.24) is 4.90 Å². The van der Waals surface area contributed by atoms with Gasteiger partial charge in [-0.2, -0.15) is 5.26 Å². The molecule has 4 nitrogen and oxygen atoms in total. The molecule has 0 radical (unpaired) electrons. The van der Waals surface area contributed by atoms with E-state index < -0.39 is 6.09 Å². The van der Waals surface area contributed by atoms with Crippen LogP contribution < -0.4 is 4.74 Å². The minimum atomic E-state index is -0.543. The molecule has 1 amide bonds. The molecule has 1 aromatic carbocycles. The van der Waals surface area contributed by atoms with E-state index in [1.54, 1.807) is 24.3 Å². The van der Waals surface area contributed by atoms with Gasteiger partial charge in [0.2, 0.25) is 0 Å². The van der Waals surface area contributed by atoms with Gasteiger partial charge >= 0.3 is 6.09 Å². The molecule has 0 spiro atoms. The monoisotopic (exact) mass is 268 g/mol. The van der Waals surface area contributed by atoms with Crippen LogP contribution >= 0.6 is 15.9 Å². The predicted molar refractivity (Wildman–Crippen MR) is 58.4 cm³/mol. The van der Waals surface area contributed by atoms with Crippen LogP contribution in [0.25, 0.3) is 0 Å². The zero-order valence-electron chi connectivity index (χ0n) is 8.11. The third-order valence-electron chi connectivity index (χ3n) is 1.64. The van der Waals surface area contributed by atoms with Crippen molar-refractivity contribution in [1.29, 1.82) is 5.26 Å². The highest BCUT2D eigenvalue weighted by Gasteiger charge is 2.09. The fourth-order valence-electron chi connectivity index (χ4n) is 0.852. The number of carbonyl (C=O) groups excluding carboxylic acids is 1. The largest absolute Gasteiger partial charge is 0.415 e. The molecule has 78 valence electrons. The summed E-state index contributed by atoms with van der Waals surface area (Å²) in [6, 6.07) is 8.74. The van der Waals surface area contributed by atoms with Gasteiger partial charge in [0.05, 0.1) is 6.07 Å². The molecule has 0 aromatic heterocycles. The Morgan fingerprint density at radius 1 is 1.53 bits per heavy atom. The molecule has 0 bridgehead atoms. The van der Waals surface area contributed by atoms with Crippen molar-refractivity contribution in [3.8, 4) is 11.8 Å². The third kappa shape index (κ3) is 3.60. The average molecular weight is 269 g/mol. The fourth-order valence-corrected chi connectivity index (χ4v) is 1.12. The van der Waals surface area contributed by atoms with E-state index in [0.717, 1.165) is 4.47 Å². The number of ether oxygens (including phenoxy) is 1. The predicted octanol–water partition coefficient (Wildman–Crippen LogP) is 2.40. The second kappa shape index (κ2) is 5.37. The van der Waals surface area contributed by atoms with E-state index in [2.05, 4.69) is 15.9 Å². The van der Waals surface area contributed by atoms with E-state index >= 15 is 0 Å². The van der Waals surface area contributed by atoms with Gasteiger partial charge < -0.3 is 4.74 Å². The minimum Gasteiger partial charge on any atom is -0.410 e. The van der Waals surface area contributed by atoms with Crippen LogP contribution in [0.4, 0.5) is 4.79 Å². The maximum atomic E-state index is 11.3. The molecule has 0 heterocycles. The number of rotatable bonds is 2. The first kappa shape index (κ1) is 11.5. The van der Waals surface area contributed by atoms with E-state index in [9.17, 15) is 4.79 Å². The average Bonchev–Trinajstić information content (AvgIpc) is 2.22. The van der Waals surface area contributed by atoms with Gasteiger partial charge in [-0.15, -0.1) is 0 Å². The summed E-state index contributed by atoms with van der Waals surface area (Å²) in [4.78, 5) is 12.5. The van der Waals surface area contributed by atoms with Crippen molar-refractivity contribution in [2.24, 2.45) is 0 Å².